The standard InChI is InChI=1S/C13H13Si.C13H9.C5H5.2ClH.Zr/c14-13(11-7-3-1-4-8-11)12-9-5-2-6-10-12;1-3-7-12-10(5-1)9-11-6-2-4-8-13(11)12;1-2-4-5-3-1;;;/h1-10,13H,14H2;1-9H;1-5H;2*1H;/q;;;;;+2/p-2. The van der Waals surface area contributed by atoms with Crippen LogP contribution in [0.3, 0.4) is 0 Å². The van der Waals surface area contributed by atoms with Crippen molar-refractivity contribution in [3.63, 3.8) is 0 Å². The molecule has 2 aliphatic carbocycles. The van der Waals surface area contributed by atoms with Gasteiger partial charge in [-0.05, 0) is 0 Å². The van der Waals surface area contributed by atoms with Crippen LogP contribution in [0.5, 0.6) is 0 Å². The normalized spacial score (nSPS) is 14.1. The summed E-state index contributed by atoms with van der Waals surface area (Å²) in [5.41, 5.74) is 9.78. The Bertz CT molecular complexity index is 1220. The van der Waals surface area contributed by atoms with Crippen LogP contribution < -0.4 is 24.8 Å². The Morgan fingerprint density at radius 2 is 0.971 bits per heavy atom. The molecule has 0 fully saturated rings. The molecule has 0 saturated heterocycles. The van der Waals surface area contributed by atoms with E-state index in [1.54, 1.807) is 11.1 Å². The van der Waals surface area contributed by atoms with Gasteiger partial charge >= 0.3 is 207 Å². The van der Waals surface area contributed by atoms with E-state index in [0.29, 0.717) is 12.8 Å². The number of benzene rings is 4. The van der Waals surface area contributed by atoms with Crippen LogP contribution in [0.15, 0.2) is 133 Å². The summed E-state index contributed by atoms with van der Waals surface area (Å²) in [7, 11) is 0. The third kappa shape index (κ3) is 5.13. The smallest absolute Gasteiger partial charge is 1.00 e. The van der Waals surface area contributed by atoms with E-state index in [-0.39, 0.29) is 24.8 Å². The first-order chi connectivity index (χ1) is 16.4. The van der Waals surface area contributed by atoms with Crippen LogP contribution in [-0.2, 0) is 20.9 Å². The molecule has 0 spiro atoms. The molecule has 6 rings (SSSR count). The first-order valence-corrected chi connectivity index (χ1v) is 21.5. The zero-order valence-electron chi connectivity index (χ0n) is 19.4. The molecule has 0 bridgehead atoms. The quantitative estimate of drug-likeness (QED) is 0.297. The van der Waals surface area contributed by atoms with E-state index in [2.05, 4.69) is 133 Å². The average Bonchev–Trinajstić information content (AvgIpc) is 3.53. The van der Waals surface area contributed by atoms with Gasteiger partial charge in [0.2, 0.25) is 0 Å². The minimum Gasteiger partial charge on any atom is -1.00 e. The SMILES string of the molecule is C1=C[CH]([Zr+2]([SiH2]C(c2ccccc2)c2ccccc2)[CH]2c3ccccc3-c3ccccc32)C=C1.[Cl-].[Cl-]. The zero-order chi connectivity index (χ0) is 22.0. The number of fused-ring (bicyclic) bond motifs is 3. The van der Waals surface area contributed by atoms with Gasteiger partial charge in [0.1, 0.15) is 0 Å². The van der Waals surface area contributed by atoms with Gasteiger partial charge in [-0.1, -0.05) is 0 Å². The van der Waals surface area contributed by atoms with Gasteiger partial charge in [0.15, 0.2) is 0 Å². The van der Waals surface area contributed by atoms with Crippen LogP contribution in [0.2, 0.25) is 3.63 Å². The van der Waals surface area contributed by atoms with Gasteiger partial charge < -0.3 is 24.8 Å². The molecule has 0 heterocycles. The molecule has 0 atom stereocenters. The molecule has 0 amide bonds. The van der Waals surface area contributed by atoms with E-state index in [1.165, 1.54) is 22.3 Å². The predicted octanol–water partition coefficient (Wildman–Crippen LogP) is 1.17. The van der Waals surface area contributed by atoms with Crippen molar-refractivity contribution in [2.24, 2.45) is 0 Å². The Labute approximate surface area is 230 Å². The van der Waals surface area contributed by atoms with Crippen LogP contribution in [0.4, 0.5) is 0 Å². The topological polar surface area (TPSA) is 0 Å². The van der Waals surface area contributed by atoms with Crippen LogP contribution >= 0.6 is 0 Å². The van der Waals surface area contributed by atoms with Crippen molar-refractivity contribution >= 4 is 6.65 Å². The van der Waals surface area contributed by atoms with Crippen LogP contribution in [0.25, 0.3) is 11.1 Å². The van der Waals surface area contributed by atoms with Crippen molar-refractivity contribution in [1.82, 2.24) is 0 Å². The van der Waals surface area contributed by atoms with E-state index < -0.39 is 27.6 Å². The summed E-state index contributed by atoms with van der Waals surface area (Å²) in [6.07, 6.45) is 9.65. The molecule has 0 unspecified atom stereocenters. The number of hydrogen-bond acceptors (Lipinski definition) is 0. The fourth-order valence-electron chi connectivity index (χ4n) is 5.72. The molecule has 0 N–H and O–H groups in total. The second-order valence-corrected chi connectivity index (χ2v) is 24.0. The summed E-state index contributed by atoms with van der Waals surface area (Å²) in [4.78, 5) is 0. The summed E-state index contributed by atoms with van der Waals surface area (Å²) >= 11 is -2.02. The van der Waals surface area contributed by atoms with Gasteiger partial charge in [0.25, 0.3) is 0 Å². The van der Waals surface area contributed by atoms with E-state index in [4.69, 9.17) is 0 Å². The third-order valence-electron chi connectivity index (χ3n) is 7.22. The maximum absolute atomic E-state index is 2.53. The Morgan fingerprint density at radius 3 is 1.46 bits per heavy atom. The molecule has 0 aromatic heterocycles. The summed E-state index contributed by atoms with van der Waals surface area (Å²) in [6.45, 7) is -0.401. The first-order valence-electron chi connectivity index (χ1n) is 11.9. The molecule has 173 valence electrons. The molecular formula is C31H27Cl2SiZr. The molecule has 4 aromatic rings. The molecule has 35 heavy (non-hydrogen) atoms. The third-order valence-corrected chi connectivity index (χ3v) is 27.1. The second kappa shape index (κ2) is 11.8. The Morgan fingerprint density at radius 1 is 0.543 bits per heavy atom. The summed E-state index contributed by atoms with van der Waals surface area (Å²) in [5, 5.41) is 0. The molecule has 4 heteroatoms. The Hall–Kier alpha value is -1.96. The fraction of sp³-hybridized carbons (Fsp3) is 0.0968. The van der Waals surface area contributed by atoms with Crippen LogP contribution in [0, 0.1) is 0 Å². The van der Waals surface area contributed by atoms with E-state index in [9.17, 15) is 0 Å². The average molecular weight is 590 g/mol. The number of halogens is 2. The summed E-state index contributed by atoms with van der Waals surface area (Å²) in [6, 6.07) is 41.1. The van der Waals surface area contributed by atoms with E-state index in [0.717, 1.165) is 0 Å². The number of hydrogen-bond donors (Lipinski definition) is 0. The Kier molecular flexibility index (Phi) is 8.84. The van der Waals surface area contributed by atoms with Crippen molar-refractivity contribution in [3.8, 4) is 11.1 Å². The van der Waals surface area contributed by atoms with Crippen molar-refractivity contribution in [3.05, 3.63) is 156 Å². The van der Waals surface area contributed by atoms with Gasteiger partial charge in [-0.2, -0.15) is 0 Å². The number of rotatable bonds is 6. The van der Waals surface area contributed by atoms with Crippen molar-refractivity contribution < 1.29 is 45.7 Å². The maximum atomic E-state index is 2.53. The molecule has 0 nitrogen and oxygen atoms in total. The molecule has 0 saturated carbocycles. The number of allylic oxidation sites excluding steroid dienone is 4. The predicted molar refractivity (Wildman–Crippen MR) is 139 cm³/mol. The van der Waals surface area contributed by atoms with E-state index >= 15 is 0 Å². The summed E-state index contributed by atoms with van der Waals surface area (Å²) < 4.78 is 1.34. The van der Waals surface area contributed by atoms with Gasteiger partial charge in [-0.15, -0.1) is 0 Å². The van der Waals surface area contributed by atoms with Crippen molar-refractivity contribution in [1.29, 1.82) is 0 Å². The maximum Gasteiger partial charge on any atom is -1.00 e. The van der Waals surface area contributed by atoms with Gasteiger partial charge in [0.05, 0.1) is 0 Å². The molecule has 0 radical (unpaired) electrons. The van der Waals surface area contributed by atoms with Crippen molar-refractivity contribution in [2.45, 2.75) is 12.8 Å². The molecule has 0 aliphatic heterocycles. The molecular weight excluding hydrogens is 563 g/mol. The van der Waals surface area contributed by atoms with Crippen LogP contribution in [0.1, 0.15) is 31.4 Å². The Balaban J connectivity index is 0.00000144. The largest absolute Gasteiger partial charge is 1.00 e. The fourth-order valence-corrected chi connectivity index (χ4v) is 28.5. The van der Waals surface area contributed by atoms with Gasteiger partial charge in [-0.25, -0.2) is 0 Å². The van der Waals surface area contributed by atoms with E-state index in [1.807, 2.05) is 0 Å². The first kappa shape index (κ1) is 26.1. The molecule has 2 aliphatic rings. The van der Waals surface area contributed by atoms with Gasteiger partial charge in [0, 0.05) is 0 Å². The molecule has 4 aromatic carbocycles. The second-order valence-electron chi connectivity index (χ2n) is 9.06. The monoisotopic (exact) mass is 587 g/mol. The van der Waals surface area contributed by atoms with Crippen LogP contribution in [-0.4, -0.2) is 6.65 Å². The van der Waals surface area contributed by atoms with Gasteiger partial charge in [-0.3, -0.25) is 0 Å². The summed E-state index contributed by atoms with van der Waals surface area (Å²) in [5.74, 6) is 0. The van der Waals surface area contributed by atoms with Crippen molar-refractivity contribution in [2.75, 3.05) is 0 Å². The minimum atomic E-state index is -2.02. The minimum absolute atomic E-state index is 0. The zero-order valence-corrected chi connectivity index (χ0v) is 24.8.